The molecule has 3 aromatic rings. The van der Waals surface area contributed by atoms with Crippen LogP contribution < -0.4 is 5.32 Å². The van der Waals surface area contributed by atoms with Gasteiger partial charge in [-0.2, -0.15) is 0 Å². The number of H-pyrrole nitrogens is 1. The van der Waals surface area contributed by atoms with Gasteiger partial charge in [0.2, 0.25) is 0 Å². The Bertz CT molecular complexity index is 1110. The fourth-order valence-electron chi connectivity index (χ4n) is 5.44. The zero-order chi connectivity index (χ0) is 23.0. The molecular weight excluding hydrogens is 416 g/mol. The van der Waals surface area contributed by atoms with Crippen LogP contribution in [0.15, 0.2) is 24.8 Å². The first kappa shape index (κ1) is 22.2. The molecule has 1 saturated heterocycles. The predicted octanol–water partition coefficient (Wildman–Crippen LogP) is 4.78. The molecule has 0 aromatic carbocycles. The maximum Gasteiger partial charge on any atom is 0.410 e. The Hall–Kier alpha value is -2.61. The molecule has 0 spiro atoms. The number of carbonyl (C=O) groups is 1. The van der Waals surface area contributed by atoms with Gasteiger partial charge in [0.25, 0.3) is 0 Å². The van der Waals surface area contributed by atoms with Crippen LogP contribution in [0.25, 0.3) is 22.1 Å². The van der Waals surface area contributed by atoms with Crippen LogP contribution in [0.2, 0.25) is 0 Å². The Balaban J connectivity index is 1.18. The van der Waals surface area contributed by atoms with E-state index in [1.54, 1.807) is 0 Å². The number of aromatic amines is 1. The molecule has 1 aliphatic carbocycles. The van der Waals surface area contributed by atoms with Crippen LogP contribution in [-0.4, -0.2) is 61.3 Å². The second kappa shape index (κ2) is 8.97. The summed E-state index contributed by atoms with van der Waals surface area (Å²) >= 11 is 0. The molecule has 33 heavy (non-hydrogen) atoms. The van der Waals surface area contributed by atoms with Crippen molar-refractivity contribution in [3.05, 3.63) is 24.8 Å². The van der Waals surface area contributed by atoms with Gasteiger partial charge in [0.15, 0.2) is 0 Å². The van der Waals surface area contributed by atoms with Crippen molar-refractivity contribution in [2.24, 2.45) is 0 Å². The molecule has 3 aromatic heterocycles. The number of aromatic nitrogens is 4. The first-order valence-corrected chi connectivity index (χ1v) is 12.4. The standard InChI is InChI=1S/C25H36N6O2/c1-25(2,3)33-24(32)30-13-5-4-6-19(30)14-27-17-7-9-18(10-8-17)31-16-29-21-15-28-23-20(22(21)31)11-12-26-23/h11-12,15-19,27H,4-10,13-14H2,1-3H3,(H,26,28)/t17-,18-,19-/m1/s1. The lowest BCUT2D eigenvalue weighted by molar-refractivity contribution is 0.00948. The van der Waals surface area contributed by atoms with Crippen molar-refractivity contribution in [1.82, 2.24) is 29.7 Å². The molecule has 8 nitrogen and oxygen atoms in total. The number of imidazole rings is 1. The molecule has 8 heteroatoms. The lowest BCUT2D eigenvalue weighted by Crippen LogP contribution is -2.51. The van der Waals surface area contributed by atoms with Crippen LogP contribution in [0, 0.1) is 0 Å². The van der Waals surface area contributed by atoms with Crippen molar-refractivity contribution in [3.8, 4) is 0 Å². The summed E-state index contributed by atoms with van der Waals surface area (Å²) in [5.41, 5.74) is 2.61. The van der Waals surface area contributed by atoms with Gasteiger partial charge in [-0.25, -0.2) is 14.8 Å². The molecule has 1 saturated carbocycles. The van der Waals surface area contributed by atoms with Gasteiger partial charge in [0, 0.05) is 42.8 Å². The zero-order valence-electron chi connectivity index (χ0n) is 20.0. The number of nitrogens with zero attached hydrogens (tertiary/aromatic N) is 4. The lowest BCUT2D eigenvalue weighted by Gasteiger charge is -2.38. The monoisotopic (exact) mass is 452 g/mol. The summed E-state index contributed by atoms with van der Waals surface area (Å²) in [7, 11) is 0. The van der Waals surface area contributed by atoms with Crippen molar-refractivity contribution >= 4 is 28.2 Å². The summed E-state index contributed by atoms with van der Waals surface area (Å²) in [6.45, 7) is 7.44. The van der Waals surface area contributed by atoms with Crippen molar-refractivity contribution in [2.45, 2.75) is 89.4 Å². The van der Waals surface area contributed by atoms with Crippen LogP contribution in [0.1, 0.15) is 71.8 Å². The van der Waals surface area contributed by atoms with E-state index in [2.05, 4.69) is 30.9 Å². The molecule has 2 aliphatic rings. The quantitative estimate of drug-likeness (QED) is 0.595. The highest BCUT2D eigenvalue weighted by atomic mass is 16.6. The molecule has 1 aliphatic heterocycles. The number of carbonyl (C=O) groups excluding carboxylic acids is 1. The molecular formula is C25H36N6O2. The third kappa shape index (κ3) is 4.71. The van der Waals surface area contributed by atoms with Crippen LogP contribution in [0.5, 0.6) is 0 Å². The van der Waals surface area contributed by atoms with E-state index >= 15 is 0 Å². The number of pyridine rings is 1. The maximum atomic E-state index is 12.7. The van der Waals surface area contributed by atoms with Gasteiger partial charge in [-0.05, 0) is 71.8 Å². The molecule has 0 bridgehead atoms. The van der Waals surface area contributed by atoms with E-state index in [-0.39, 0.29) is 12.1 Å². The van der Waals surface area contributed by atoms with Crippen molar-refractivity contribution < 1.29 is 9.53 Å². The molecule has 2 fully saturated rings. The number of nitrogens with one attached hydrogen (secondary N) is 2. The maximum absolute atomic E-state index is 12.7. The summed E-state index contributed by atoms with van der Waals surface area (Å²) in [5, 5.41) is 4.92. The van der Waals surface area contributed by atoms with Gasteiger partial charge in [0.1, 0.15) is 16.8 Å². The minimum atomic E-state index is -0.454. The minimum absolute atomic E-state index is 0.171. The highest BCUT2D eigenvalue weighted by Gasteiger charge is 2.31. The topological polar surface area (TPSA) is 88.1 Å². The molecule has 0 radical (unpaired) electrons. The van der Waals surface area contributed by atoms with Crippen molar-refractivity contribution in [2.75, 3.05) is 13.1 Å². The molecule has 178 valence electrons. The van der Waals surface area contributed by atoms with Crippen molar-refractivity contribution in [3.63, 3.8) is 0 Å². The highest BCUT2D eigenvalue weighted by Crippen LogP contribution is 2.33. The normalized spacial score (nSPS) is 24.5. The van der Waals surface area contributed by atoms with Crippen LogP contribution in [-0.2, 0) is 4.74 Å². The van der Waals surface area contributed by atoms with E-state index in [1.165, 1.54) is 11.9 Å². The van der Waals surface area contributed by atoms with E-state index in [1.807, 2.05) is 44.4 Å². The number of ether oxygens (including phenoxy) is 1. The number of likely N-dealkylation sites (tertiary alicyclic amines) is 1. The highest BCUT2D eigenvalue weighted by molar-refractivity contribution is 6.00. The van der Waals surface area contributed by atoms with E-state index < -0.39 is 5.60 Å². The zero-order valence-corrected chi connectivity index (χ0v) is 20.0. The summed E-state index contributed by atoms with van der Waals surface area (Å²) in [6, 6.07) is 3.27. The number of hydrogen-bond acceptors (Lipinski definition) is 5. The first-order valence-electron chi connectivity index (χ1n) is 12.4. The number of hydrogen-bond donors (Lipinski definition) is 2. The van der Waals surface area contributed by atoms with E-state index in [0.717, 1.165) is 68.2 Å². The molecule has 5 rings (SSSR count). The summed E-state index contributed by atoms with van der Waals surface area (Å²) in [5.74, 6) is 0. The smallest absolute Gasteiger partial charge is 0.410 e. The minimum Gasteiger partial charge on any atom is -0.444 e. The van der Waals surface area contributed by atoms with Gasteiger partial charge in [-0.15, -0.1) is 0 Å². The Labute approximate surface area is 195 Å². The third-order valence-corrected chi connectivity index (χ3v) is 7.11. The van der Waals surface area contributed by atoms with Crippen LogP contribution in [0.4, 0.5) is 4.79 Å². The average molecular weight is 453 g/mol. The Morgan fingerprint density at radius 2 is 2.00 bits per heavy atom. The average Bonchev–Trinajstić information content (AvgIpc) is 3.43. The van der Waals surface area contributed by atoms with Gasteiger partial charge in [0.05, 0.1) is 18.0 Å². The number of piperidine rings is 1. The third-order valence-electron chi connectivity index (χ3n) is 7.11. The number of fused-ring (bicyclic) bond motifs is 3. The fourth-order valence-corrected chi connectivity index (χ4v) is 5.44. The summed E-state index contributed by atoms with van der Waals surface area (Å²) in [6.07, 6.45) is 13.4. The summed E-state index contributed by atoms with van der Waals surface area (Å²) in [4.78, 5) is 26.9. The van der Waals surface area contributed by atoms with E-state index in [4.69, 9.17) is 4.74 Å². The van der Waals surface area contributed by atoms with Crippen LogP contribution in [0.3, 0.4) is 0 Å². The largest absolute Gasteiger partial charge is 0.444 e. The fraction of sp³-hybridized carbons (Fsp3) is 0.640. The van der Waals surface area contributed by atoms with Gasteiger partial charge < -0.3 is 24.5 Å². The van der Waals surface area contributed by atoms with Gasteiger partial charge >= 0.3 is 6.09 Å². The van der Waals surface area contributed by atoms with E-state index in [9.17, 15) is 4.79 Å². The second-order valence-corrected chi connectivity index (χ2v) is 10.6. The van der Waals surface area contributed by atoms with Gasteiger partial charge in [-0.1, -0.05) is 0 Å². The van der Waals surface area contributed by atoms with Crippen molar-refractivity contribution in [1.29, 1.82) is 0 Å². The van der Waals surface area contributed by atoms with Gasteiger partial charge in [-0.3, -0.25) is 0 Å². The molecule has 4 heterocycles. The predicted molar refractivity (Wildman–Crippen MR) is 129 cm³/mol. The summed E-state index contributed by atoms with van der Waals surface area (Å²) < 4.78 is 8.01. The van der Waals surface area contributed by atoms with Crippen LogP contribution >= 0.6 is 0 Å². The molecule has 0 unspecified atom stereocenters. The molecule has 2 N–H and O–H groups in total. The Kier molecular flexibility index (Phi) is 6.03. The lowest BCUT2D eigenvalue weighted by atomic mass is 9.90. The first-order chi connectivity index (χ1) is 15.9. The Morgan fingerprint density at radius 1 is 1.18 bits per heavy atom. The Morgan fingerprint density at radius 3 is 2.79 bits per heavy atom. The number of amides is 1. The molecule has 1 amide bonds. The molecule has 1 atom stereocenters. The second-order valence-electron chi connectivity index (χ2n) is 10.6. The SMILES string of the molecule is CC(C)(C)OC(=O)N1CCCC[C@@H]1CN[C@H]1CC[C@H](n2cnc3cnc4[nH]ccc4c32)CC1. The van der Waals surface area contributed by atoms with E-state index in [0.29, 0.717) is 12.1 Å². The number of rotatable bonds is 4.